The Morgan fingerprint density at radius 2 is 1.65 bits per heavy atom. The lowest BCUT2D eigenvalue weighted by Crippen LogP contribution is -2.41. The monoisotopic (exact) mass is 318 g/mol. The fourth-order valence-corrected chi connectivity index (χ4v) is 2.20. The topological polar surface area (TPSA) is 104 Å². The summed E-state index contributed by atoms with van der Waals surface area (Å²) in [6.07, 6.45) is 0.246. The summed E-state index contributed by atoms with van der Waals surface area (Å²) in [5, 5.41) is 11.5. The van der Waals surface area contributed by atoms with Crippen LogP contribution in [0.5, 0.6) is 0 Å². The zero-order valence-corrected chi connectivity index (χ0v) is 13.0. The first-order valence-corrected chi connectivity index (χ1v) is 7.19. The van der Waals surface area contributed by atoms with Gasteiger partial charge in [-0.1, -0.05) is 12.1 Å². The molecular formula is C16H18N2O5. The minimum atomic E-state index is -0.956. The lowest BCUT2D eigenvalue weighted by Gasteiger charge is -2.19. The lowest BCUT2D eigenvalue weighted by atomic mass is 9.90. The molecule has 0 aromatic heterocycles. The summed E-state index contributed by atoms with van der Waals surface area (Å²) in [5.74, 6) is -2.44. The first-order chi connectivity index (χ1) is 10.7. The van der Waals surface area contributed by atoms with E-state index in [0.29, 0.717) is 0 Å². The van der Waals surface area contributed by atoms with Gasteiger partial charge in [-0.3, -0.25) is 24.1 Å². The maximum atomic E-state index is 12.1. The number of carbonyl (C=O) groups is 4. The number of hydrogen-bond donors (Lipinski definition) is 2. The highest BCUT2D eigenvalue weighted by atomic mass is 16.4. The average Bonchev–Trinajstić information content (AvgIpc) is 2.72. The highest BCUT2D eigenvalue weighted by Crippen LogP contribution is 2.22. The number of carboxylic acid groups (broad SMARTS) is 1. The third-order valence-corrected chi connectivity index (χ3v) is 3.83. The molecule has 1 aliphatic heterocycles. The maximum Gasteiger partial charge on any atom is 0.309 e. The molecule has 0 atom stereocenters. The van der Waals surface area contributed by atoms with Gasteiger partial charge < -0.3 is 10.4 Å². The van der Waals surface area contributed by atoms with Crippen molar-refractivity contribution in [3.63, 3.8) is 0 Å². The molecule has 0 saturated carbocycles. The molecule has 0 radical (unpaired) electrons. The Bertz CT molecular complexity index is 646. The summed E-state index contributed by atoms with van der Waals surface area (Å²) in [6, 6.07) is 6.40. The minimum Gasteiger partial charge on any atom is -0.481 e. The molecule has 0 fully saturated rings. The zero-order valence-electron chi connectivity index (χ0n) is 13.0. The first kappa shape index (κ1) is 16.7. The van der Waals surface area contributed by atoms with E-state index >= 15 is 0 Å². The summed E-state index contributed by atoms with van der Waals surface area (Å²) in [6.45, 7) is 2.90. The van der Waals surface area contributed by atoms with Crippen LogP contribution in [0.2, 0.25) is 0 Å². The van der Waals surface area contributed by atoms with Gasteiger partial charge in [-0.15, -0.1) is 0 Å². The molecule has 3 amide bonds. The van der Waals surface area contributed by atoms with E-state index in [-0.39, 0.29) is 30.6 Å². The summed E-state index contributed by atoms with van der Waals surface area (Å²) in [7, 11) is 0. The molecule has 0 spiro atoms. The van der Waals surface area contributed by atoms with Gasteiger partial charge in [-0.25, -0.2) is 0 Å². The molecule has 7 heteroatoms. The molecule has 1 heterocycles. The van der Waals surface area contributed by atoms with Crippen LogP contribution in [-0.4, -0.2) is 46.8 Å². The van der Waals surface area contributed by atoms with Gasteiger partial charge in [0.15, 0.2) is 0 Å². The van der Waals surface area contributed by atoms with E-state index in [4.69, 9.17) is 5.11 Å². The van der Waals surface area contributed by atoms with Crippen LogP contribution in [-0.2, 0) is 9.59 Å². The number of benzene rings is 1. The third kappa shape index (κ3) is 3.39. The second-order valence-corrected chi connectivity index (χ2v) is 6.03. The number of nitrogens with one attached hydrogen (secondary N) is 1. The molecule has 0 saturated heterocycles. The molecule has 23 heavy (non-hydrogen) atoms. The number of amides is 3. The highest BCUT2D eigenvalue weighted by Gasteiger charge is 2.36. The zero-order chi connectivity index (χ0) is 17.2. The standard InChI is InChI=1S/C16H18N2O5/c1-16(2,15(22)23)7-8-17-12(19)9-18-13(20)10-5-3-4-6-11(10)14(18)21/h3-6H,7-9H2,1-2H3,(H,17,19)(H,22,23). The van der Waals surface area contributed by atoms with Gasteiger partial charge in [0.05, 0.1) is 16.5 Å². The van der Waals surface area contributed by atoms with Crippen molar-refractivity contribution in [3.05, 3.63) is 35.4 Å². The van der Waals surface area contributed by atoms with Crippen molar-refractivity contribution in [2.45, 2.75) is 20.3 Å². The van der Waals surface area contributed by atoms with Crippen LogP contribution >= 0.6 is 0 Å². The molecule has 2 rings (SSSR count). The molecule has 1 aromatic carbocycles. The second kappa shape index (κ2) is 6.20. The Morgan fingerprint density at radius 1 is 1.13 bits per heavy atom. The van der Waals surface area contributed by atoms with E-state index in [0.717, 1.165) is 4.90 Å². The number of hydrogen-bond acceptors (Lipinski definition) is 4. The molecule has 122 valence electrons. The fourth-order valence-electron chi connectivity index (χ4n) is 2.20. The number of rotatable bonds is 6. The van der Waals surface area contributed by atoms with Crippen molar-refractivity contribution in [1.82, 2.24) is 10.2 Å². The Labute approximate surface area is 133 Å². The Kier molecular flexibility index (Phi) is 4.49. The van der Waals surface area contributed by atoms with Gasteiger partial charge in [-0.2, -0.15) is 0 Å². The van der Waals surface area contributed by atoms with Crippen LogP contribution in [0.1, 0.15) is 41.0 Å². The summed E-state index contributed by atoms with van der Waals surface area (Å²) in [5.41, 5.74) is -0.377. The number of aliphatic carboxylic acids is 1. The van der Waals surface area contributed by atoms with Gasteiger partial charge in [0.2, 0.25) is 5.91 Å². The summed E-state index contributed by atoms with van der Waals surface area (Å²) in [4.78, 5) is 48.0. The van der Waals surface area contributed by atoms with Gasteiger partial charge in [-0.05, 0) is 32.4 Å². The average molecular weight is 318 g/mol. The smallest absolute Gasteiger partial charge is 0.309 e. The molecule has 1 aromatic rings. The summed E-state index contributed by atoms with van der Waals surface area (Å²) < 4.78 is 0. The van der Waals surface area contributed by atoms with Crippen LogP contribution in [0.25, 0.3) is 0 Å². The summed E-state index contributed by atoms with van der Waals surface area (Å²) >= 11 is 0. The lowest BCUT2D eigenvalue weighted by molar-refractivity contribution is -0.147. The first-order valence-electron chi connectivity index (χ1n) is 7.19. The molecule has 2 N–H and O–H groups in total. The third-order valence-electron chi connectivity index (χ3n) is 3.83. The van der Waals surface area contributed by atoms with Gasteiger partial charge in [0.1, 0.15) is 6.54 Å². The molecule has 1 aliphatic rings. The second-order valence-electron chi connectivity index (χ2n) is 6.03. The predicted molar refractivity (Wildman–Crippen MR) is 80.9 cm³/mol. The van der Waals surface area contributed by atoms with Crippen molar-refractivity contribution in [2.24, 2.45) is 5.41 Å². The Morgan fingerprint density at radius 3 is 2.13 bits per heavy atom. The normalized spacial score (nSPS) is 13.9. The van der Waals surface area contributed by atoms with Crippen LogP contribution in [0.3, 0.4) is 0 Å². The predicted octanol–water partition coefficient (Wildman–Crippen LogP) is 0.900. The number of nitrogens with zero attached hydrogens (tertiary/aromatic N) is 1. The van der Waals surface area contributed by atoms with Crippen molar-refractivity contribution in [3.8, 4) is 0 Å². The number of imide groups is 1. The number of fused-ring (bicyclic) bond motifs is 1. The van der Waals surface area contributed by atoms with Crippen molar-refractivity contribution < 1.29 is 24.3 Å². The van der Waals surface area contributed by atoms with Gasteiger partial charge >= 0.3 is 5.97 Å². The molecule has 0 unspecified atom stereocenters. The SMILES string of the molecule is CC(C)(CCNC(=O)CN1C(=O)c2ccccc2C1=O)C(=O)O. The van der Waals surface area contributed by atoms with E-state index in [1.807, 2.05) is 0 Å². The molecule has 0 aliphatic carbocycles. The van der Waals surface area contributed by atoms with Gasteiger partial charge in [0.25, 0.3) is 11.8 Å². The fraction of sp³-hybridized carbons (Fsp3) is 0.375. The van der Waals surface area contributed by atoms with Crippen LogP contribution < -0.4 is 5.32 Å². The maximum absolute atomic E-state index is 12.1. The molecule has 7 nitrogen and oxygen atoms in total. The van der Waals surface area contributed by atoms with Crippen molar-refractivity contribution >= 4 is 23.7 Å². The van der Waals surface area contributed by atoms with E-state index in [1.54, 1.807) is 38.1 Å². The van der Waals surface area contributed by atoms with E-state index < -0.39 is 29.1 Å². The number of carbonyl (C=O) groups excluding carboxylic acids is 3. The highest BCUT2D eigenvalue weighted by molar-refractivity contribution is 6.22. The Hall–Kier alpha value is -2.70. The van der Waals surface area contributed by atoms with Gasteiger partial charge in [0, 0.05) is 6.54 Å². The minimum absolute atomic E-state index is 0.154. The van der Waals surface area contributed by atoms with E-state index in [9.17, 15) is 19.2 Å². The number of carboxylic acids is 1. The van der Waals surface area contributed by atoms with E-state index in [1.165, 1.54) is 0 Å². The molecule has 0 bridgehead atoms. The van der Waals surface area contributed by atoms with Crippen LogP contribution in [0, 0.1) is 5.41 Å². The largest absolute Gasteiger partial charge is 0.481 e. The van der Waals surface area contributed by atoms with Crippen LogP contribution in [0.4, 0.5) is 0 Å². The van der Waals surface area contributed by atoms with Crippen molar-refractivity contribution in [1.29, 1.82) is 0 Å². The van der Waals surface area contributed by atoms with Crippen molar-refractivity contribution in [2.75, 3.05) is 13.1 Å². The quantitative estimate of drug-likeness (QED) is 0.758. The van der Waals surface area contributed by atoms with Crippen LogP contribution in [0.15, 0.2) is 24.3 Å². The van der Waals surface area contributed by atoms with E-state index in [2.05, 4.69) is 5.32 Å². The molecular weight excluding hydrogens is 300 g/mol. The Balaban J connectivity index is 1.91.